The normalized spacial score (nSPS) is 10.6. The van der Waals surface area contributed by atoms with Crippen molar-refractivity contribution in [1.29, 1.82) is 0 Å². The van der Waals surface area contributed by atoms with Gasteiger partial charge in [0, 0.05) is 6.08 Å². The Kier molecular flexibility index (Phi) is 5.86. The molecular weight excluding hydrogens is 304 g/mol. The summed E-state index contributed by atoms with van der Waals surface area (Å²) in [6.45, 7) is 0.718. The summed E-state index contributed by atoms with van der Waals surface area (Å²) < 4.78 is 11.1. The number of aliphatic carboxylic acids is 1. The summed E-state index contributed by atoms with van der Waals surface area (Å²) >= 11 is 5.98. The summed E-state index contributed by atoms with van der Waals surface area (Å²) in [6.07, 6.45) is 2.59. The standard InChI is InChI=1S/C17H15ClO4/c18-15-6-1-2-7-16(15)22-11-10-21-14-5-3-4-13(12-14)8-9-17(19)20/h1-9,12H,10-11H2,(H,19,20). The van der Waals surface area contributed by atoms with Gasteiger partial charge in [-0.15, -0.1) is 0 Å². The van der Waals surface area contributed by atoms with Crippen LogP contribution in [-0.2, 0) is 4.79 Å². The van der Waals surface area contributed by atoms with Crippen molar-refractivity contribution in [1.82, 2.24) is 0 Å². The highest BCUT2D eigenvalue weighted by Gasteiger charge is 2.00. The molecule has 0 aromatic heterocycles. The molecular formula is C17H15ClO4. The summed E-state index contributed by atoms with van der Waals surface area (Å²) in [7, 11) is 0. The molecule has 1 N–H and O–H groups in total. The third-order valence-corrected chi connectivity index (χ3v) is 3.03. The molecule has 22 heavy (non-hydrogen) atoms. The number of rotatable bonds is 7. The smallest absolute Gasteiger partial charge is 0.328 e. The zero-order chi connectivity index (χ0) is 15.8. The quantitative estimate of drug-likeness (QED) is 0.621. The summed E-state index contributed by atoms with van der Waals surface area (Å²) in [5, 5.41) is 9.16. The van der Waals surface area contributed by atoms with Gasteiger partial charge in [-0.1, -0.05) is 35.9 Å². The molecule has 0 heterocycles. The molecule has 0 fully saturated rings. The number of carboxylic acids is 1. The molecule has 0 atom stereocenters. The van der Waals surface area contributed by atoms with Gasteiger partial charge >= 0.3 is 5.97 Å². The number of para-hydroxylation sites is 1. The van der Waals surface area contributed by atoms with Crippen molar-refractivity contribution >= 4 is 23.6 Å². The predicted molar refractivity (Wildman–Crippen MR) is 85.6 cm³/mol. The molecule has 2 aromatic rings. The van der Waals surface area contributed by atoms with Crippen LogP contribution in [0.1, 0.15) is 5.56 Å². The van der Waals surface area contributed by atoms with E-state index >= 15 is 0 Å². The molecule has 5 heteroatoms. The summed E-state index contributed by atoms with van der Waals surface area (Å²) in [4.78, 5) is 10.5. The van der Waals surface area contributed by atoms with Crippen LogP contribution in [0.3, 0.4) is 0 Å². The van der Waals surface area contributed by atoms with Crippen molar-refractivity contribution in [3.8, 4) is 11.5 Å². The number of carbonyl (C=O) groups is 1. The fourth-order valence-electron chi connectivity index (χ4n) is 1.75. The Balaban J connectivity index is 1.83. The maximum absolute atomic E-state index is 10.5. The van der Waals surface area contributed by atoms with Gasteiger partial charge in [0.25, 0.3) is 0 Å². The molecule has 0 amide bonds. The molecule has 0 saturated carbocycles. The van der Waals surface area contributed by atoms with Crippen molar-refractivity contribution in [2.75, 3.05) is 13.2 Å². The van der Waals surface area contributed by atoms with Crippen LogP contribution in [0.4, 0.5) is 0 Å². The van der Waals surface area contributed by atoms with Crippen molar-refractivity contribution in [2.24, 2.45) is 0 Å². The van der Waals surface area contributed by atoms with Crippen LogP contribution >= 0.6 is 11.6 Å². The lowest BCUT2D eigenvalue weighted by atomic mass is 10.2. The number of halogens is 1. The number of ether oxygens (including phenoxy) is 2. The van der Waals surface area contributed by atoms with Crippen LogP contribution in [-0.4, -0.2) is 24.3 Å². The molecule has 0 unspecified atom stereocenters. The van der Waals surface area contributed by atoms with Crippen LogP contribution in [0.2, 0.25) is 5.02 Å². The lowest BCUT2D eigenvalue weighted by Crippen LogP contribution is -2.09. The molecule has 4 nitrogen and oxygen atoms in total. The van der Waals surface area contributed by atoms with E-state index in [0.29, 0.717) is 29.7 Å². The third-order valence-electron chi connectivity index (χ3n) is 2.72. The number of hydrogen-bond acceptors (Lipinski definition) is 3. The van der Waals surface area contributed by atoms with Gasteiger partial charge in [0.2, 0.25) is 0 Å². The van der Waals surface area contributed by atoms with Gasteiger partial charge in [-0.25, -0.2) is 4.79 Å². The van der Waals surface area contributed by atoms with Crippen LogP contribution in [0.25, 0.3) is 6.08 Å². The highest BCUT2D eigenvalue weighted by molar-refractivity contribution is 6.32. The topological polar surface area (TPSA) is 55.8 Å². The molecule has 0 radical (unpaired) electrons. The molecule has 0 aliphatic carbocycles. The highest BCUT2D eigenvalue weighted by atomic mass is 35.5. The van der Waals surface area contributed by atoms with Gasteiger partial charge in [0.15, 0.2) is 0 Å². The average Bonchev–Trinajstić information content (AvgIpc) is 2.51. The number of benzene rings is 2. The van der Waals surface area contributed by atoms with E-state index in [4.69, 9.17) is 26.2 Å². The lowest BCUT2D eigenvalue weighted by Gasteiger charge is -2.09. The maximum Gasteiger partial charge on any atom is 0.328 e. The van der Waals surface area contributed by atoms with Crippen LogP contribution < -0.4 is 9.47 Å². The van der Waals surface area contributed by atoms with Crippen molar-refractivity contribution in [3.05, 3.63) is 65.2 Å². The van der Waals surface area contributed by atoms with Crippen LogP contribution in [0, 0.1) is 0 Å². The van der Waals surface area contributed by atoms with E-state index in [9.17, 15) is 4.79 Å². The van der Waals surface area contributed by atoms with Crippen molar-refractivity contribution in [2.45, 2.75) is 0 Å². The van der Waals surface area contributed by atoms with Gasteiger partial charge in [0.1, 0.15) is 24.7 Å². The molecule has 0 bridgehead atoms. The van der Waals surface area contributed by atoms with Crippen LogP contribution in [0.15, 0.2) is 54.6 Å². The molecule has 0 spiro atoms. The minimum absolute atomic E-state index is 0.358. The molecule has 0 saturated heterocycles. The first-order valence-electron chi connectivity index (χ1n) is 6.66. The Morgan fingerprint density at radius 3 is 2.64 bits per heavy atom. The second kappa shape index (κ2) is 8.10. The highest BCUT2D eigenvalue weighted by Crippen LogP contribution is 2.23. The molecule has 2 rings (SSSR count). The van der Waals surface area contributed by atoms with E-state index < -0.39 is 5.97 Å². The Morgan fingerprint density at radius 1 is 1.09 bits per heavy atom. The summed E-state index contributed by atoms with van der Waals surface area (Å²) in [5.41, 5.74) is 0.756. The van der Waals surface area contributed by atoms with Gasteiger partial charge < -0.3 is 14.6 Å². The van der Waals surface area contributed by atoms with E-state index in [-0.39, 0.29) is 0 Å². The second-order valence-corrected chi connectivity index (χ2v) is 4.78. The van der Waals surface area contributed by atoms with E-state index in [2.05, 4.69) is 0 Å². The molecule has 0 aliphatic rings. The first kappa shape index (κ1) is 15.9. The zero-order valence-corrected chi connectivity index (χ0v) is 12.5. The van der Waals surface area contributed by atoms with Crippen LogP contribution in [0.5, 0.6) is 11.5 Å². The van der Waals surface area contributed by atoms with E-state index in [1.54, 1.807) is 36.4 Å². The van der Waals surface area contributed by atoms with Gasteiger partial charge in [0.05, 0.1) is 5.02 Å². The minimum Gasteiger partial charge on any atom is -0.490 e. The zero-order valence-electron chi connectivity index (χ0n) is 11.7. The Morgan fingerprint density at radius 2 is 1.86 bits per heavy atom. The fourth-order valence-corrected chi connectivity index (χ4v) is 1.94. The average molecular weight is 319 g/mol. The van der Waals surface area contributed by atoms with E-state index in [1.807, 2.05) is 12.1 Å². The minimum atomic E-state index is -0.987. The monoisotopic (exact) mass is 318 g/mol. The first-order valence-corrected chi connectivity index (χ1v) is 7.04. The maximum atomic E-state index is 10.5. The lowest BCUT2D eigenvalue weighted by molar-refractivity contribution is -0.131. The van der Waals surface area contributed by atoms with Gasteiger partial charge in [-0.05, 0) is 35.9 Å². The number of carboxylic acid groups (broad SMARTS) is 1. The molecule has 0 aliphatic heterocycles. The first-order chi connectivity index (χ1) is 10.6. The SMILES string of the molecule is O=C(O)C=Cc1cccc(OCCOc2ccccc2Cl)c1. The Labute approximate surface area is 133 Å². The summed E-state index contributed by atoms with van der Waals surface area (Å²) in [6, 6.07) is 14.4. The summed E-state index contributed by atoms with van der Waals surface area (Å²) in [5.74, 6) is 0.278. The second-order valence-electron chi connectivity index (χ2n) is 4.37. The largest absolute Gasteiger partial charge is 0.490 e. The third kappa shape index (κ3) is 5.14. The van der Waals surface area contributed by atoms with Crippen molar-refractivity contribution < 1.29 is 19.4 Å². The Bertz CT molecular complexity index is 667. The van der Waals surface area contributed by atoms with E-state index in [1.165, 1.54) is 6.08 Å². The predicted octanol–water partition coefficient (Wildman–Crippen LogP) is 3.90. The molecule has 114 valence electrons. The van der Waals surface area contributed by atoms with Gasteiger partial charge in [-0.2, -0.15) is 0 Å². The van der Waals surface area contributed by atoms with Crippen molar-refractivity contribution in [3.63, 3.8) is 0 Å². The Hall–Kier alpha value is -2.46. The van der Waals surface area contributed by atoms with Gasteiger partial charge in [-0.3, -0.25) is 0 Å². The molecule has 2 aromatic carbocycles. The van der Waals surface area contributed by atoms with E-state index in [0.717, 1.165) is 11.6 Å². The fraction of sp³-hybridized carbons (Fsp3) is 0.118. The number of hydrogen-bond donors (Lipinski definition) is 1.